The van der Waals surface area contributed by atoms with Crippen LogP contribution in [0.4, 0.5) is 4.79 Å². The summed E-state index contributed by atoms with van der Waals surface area (Å²) in [5.74, 6) is 2.72. The van der Waals surface area contributed by atoms with E-state index < -0.39 is 22.2 Å². The van der Waals surface area contributed by atoms with Gasteiger partial charge in [0.1, 0.15) is 11.5 Å². The van der Waals surface area contributed by atoms with E-state index in [4.69, 9.17) is 9.47 Å². The predicted octanol–water partition coefficient (Wildman–Crippen LogP) is 6.36. The standard InChI is InChI=1S/C34H51NO7S/c1-7-25-29-18-22(36)14-16-34(29,6)28-15-17-33(5)26(12-13-27(33)30(28)31(25)37)21(4)19-41-32(38)35-43(39,40)24-10-8-23(9-11-24)42-20(2)3/h8-11,20-21,25-31,37H,7,12-19H2,1-6H3,(H,35,38)/t21-,25-,26-,27+,28+,29+,30+,31-,33-,34-/m1/s1. The zero-order chi connectivity index (χ0) is 31.3. The molecule has 1 amide bonds. The predicted molar refractivity (Wildman–Crippen MR) is 164 cm³/mol. The molecule has 0 unspecified atom stereocenters. The molecule has 4 fully saturated rings. The summed E-state index contributed by atoms with van der Waals surface area (Å²) in [5, 5.41) is 11.9. The molecule has 4 aliphatic carbocycles. The summed E-state index contributed by atoms with van der Waals surface area (Å²) in [6, 6.07) is 5.94. The van der Waals surface area contributed by atoms with E-state index in [-0.39, 0.29) is 52.1 Å². The number of hydrogen-bond acceptors (Lipinski definition) is 7. The zero-order valence-electron chi connectivity index (χ0n) is 26.7. The molecular weight excluding hydrogens is 566 g/mol. The molecule has 0 heterocycles. The van der Waals surface area contributed by atoms with Crippen LogP contribution in [-0.2, 0) is 19.6 Å². The summed E-state index contributed by atoms with van der Waals surface area (Å²) in [6.45, 7) is 12.9. The van der Waals surface area contributed by atoms with Crippen molar-refractivity contribution in [3.05, 3.63) is 24.3 Å². The van der Waals surface area contributed by atoms with E-state index in [1.54, 1.807) is 12.1 Å². The van der Waals surface area contributed by atoms with Crippen molar-refractivity contribution in [1.82, 2.24) is 4.72 Å². The van der Waals surface area contributed by atoms with Crippen molar-refractivity contribution >= 4 is 21.9 Å². The van der Waals surface area contributed by atoms with Gasteiger partial charge in [-0.1, -0.05) is 34.1 Å². The van der Waals surface area contributed by atoms with Crippen LogP contribution in [0.25, 0.3) is 0 Å². The van der Waals surface area contributed by atoms with Gasteiger partial charge < -0.3 is 14.6 Å². The van der Waals surface area contributed by atoms with Crippen LogP contribution in [0, 0.1) is 52.3 Å². The molecular formula is C34H51NO7S. The van der Waals surface area contributed by atoms with Crippen LogP contribution in [0.1, 0.15) is 92.9 Å². The average Bonchev–Trinajstić information content (AvgIpc) is 3.30. The maximum absolute atomic E-state index is 12.8. The van der Waals surface area contributed by atoms with Crippen molar-refractivity contribution < 1.29 is 32.6 Å². The van der Waals surface area contributed by atoms with Gasteiger partial charge in [-0.2, -0.15) is 0 Å². The van der Waals surface area contributed by atoms with E-state index in [1.807, 2.05) is 18.6 Å². The van der Waals surface area contributed by atoms with Crippen molar-refractivity contribution in [3.63, 3.8) is 0 Å². The Bertz CT molecular complexity index is 1300. The third-order valence-corrected chi connectivity index (χ3v) is 13.5. The molecule has 2 N–H and O–H groups in total. The molecule has 240 valence electrons. The van der Waals surface area contributed by atoms with Gasteiger partial charge in [0.2, 0.25) is 0 Å². The number of amides is 1. The minimum absolute atomic E-state index is 0.0131. The number of carbonyl (C=O) groups is 2. The molecule has 43 heavy (non-hydrogen) atoms. The first-order chi connectivity index (χ1) is 20.2. The molecule has 0 aliphatic heterocycles. The number of ether oxygens (including phenoxy) is 2. The van der Waals surface area contributed by atoms with Crippen LogP contribution in [0.15, 0.2) is 29.2 Å². The Morgan fingerprint density at radius 1 is 1.02 bits per heavy atom. The number of carbonyl (C=O) groups excluding carboxylic acids is 2. The first-order valence-electron chi connectivity index (χ1n) is 16.4. The van der Waals surface area contributed by atoms with Crippen LogP contribution in [0.2, 0.25) is 0 Å². The molecule has 1 aromatic carbocycles. The summed E-state index contributed by atoms with van der Waals surface area (Å²) < 4.78 is 38.7. The van der Waals surface area contributed by atoms with Gasteiger partial charge in [-0.25, -0.2) is 17.9 Å². The fraction of sp³-hybridized carbons (Fsp3) is 0.765. The fourth-order valence-corrected chi connectivity index (χ4v) is 11.1. The van der Waals surface area contributed by atoms with Crippen LogP contribution in [0.5, 0.6) is 5.75 Å². The van der Waals surface area contributed by atoms with Gasteiger partial charge in [0.05, 0.1) is 23.7 Å². The first kappa shape index (κ1) is 32.3. The number of Topliss-reactive ketones (excluding diaryl/α,β-unsaturated/α-hetero) is 1. The summed E-state index contributed by atoms with van der Waals surface area (Å²) in [5.41, 5.74) is 0.108. The molecule has 4 aliphatic rings. The number of fused-ring (bicyclic) bond motifs is 5. The Kier molecular flexibility index (Phi) is 9.00. The van der Waals surface area contributed by atoms with Gasteiger partial charge in [0, 0.05) is 12.8 Å². The second kappa shape index (κ2) is 12.0. The minimum Gasteiger partial charge on any atom is -0.491 e. The van der Waals surface area contributed by atoms with Gasteiger partial charge in [-0.15, -0.1) is 0 Å². The molecule has 0 bridgehead atoms. The maximum Gasteiger partial charge on any atom is 0.421 e. The van der Waals surface area contributed by atoms with Crippen LogP contribution >= 0.6 is 0 Å². The number of aliphatic hydroxyl groups excluding tert-OH is 1. The number of benzene rings is 1. The Morgan fingerprint density at radius 2 is 1.70 bits per heavy atom. The number of aliphatic hydroxyl groups is 1. The van der Waals surface area contributed by atoms with Gasteiger partial charge in [0.25, 0.3) is 10.0 Å². The Labute approximate surface area is 257 Å². The van der Waals surface area contributed by atoms with Crippen molar-refractivity contribution in [2.45, 2.75) is 110 Å². The molecule has 10 atom stereocenters. The number of nitrogens with one attached hydrogen (secondary N) is 1. The lowest BCUT2D eigenvalue weighted by Gasteiger charge is -2.64. The Morgan fingerprint density at radius 3 is 2.35 bits per heavy atom. The zero-order valence-corrected chi connectivity index (χ0v) is 27.5. The Balaban J connectivity index is 1.23. The first-order valence-corrected chi connectivity index (χ1v) is 17.9. The number of sulfonamides is 1. The van der Waals surface area contributed by atoms with Crippen molar-refractivity contribution in [3.8, 4) is 5.75 Å². The molecule has 0 aromatic heterocycles. The summed E-state index contributed by atoms with van der Waals surface area (Å²) in [7, 11) is -4.08. The Hall–Kier alpha value is -2.13. The lowest BCUT2D eigenvalue weighted by Crippen LogP contribution is -2.62. The van der Waals surface area contributed by atoms with E-state index >= 15 is 0 Å². The van der Waals surface area contributed by atoms with Gasteiger partial charge in [-0.3, -0.25) is 4.79 Å². The van der Waals surface area contributed by atoms with E-state index in [0.29, 0.717) is 42.1 Å². The van der Waals surface area contributed by atoms with Crippen molar-refractivity contribution in [2.75, 3.05) is 6.61 Å². The number of hydrogen-bond donors (Lipinski definition) is 2. The fourth-order valence-electron chi connectivity index (χ4n) is 10.2. The molecule has 9 heteroatoms. The summed E-state index contributed by atoms with van der Waals surface area (Å²) in [4.78, 5) is 25.1. The minimum atomic E-state index is -4.08. The second-order valence-electron chi connectivity index (χ2n) is 14.8. The molecule has 0 radical (unpaired) electrons. The lowest BCUT2D eigenvalue weighted by molar-refractivity contribution is -0.195. The molecule has 8 nitrogen and oxygen atoms in total. The molecule has 1 aromatic rings. The van der Waals surface area contributed by atoms with E-state index in [1.165, 1.54) is 12.1 Å². The van der Waals surface area contributed by atoms with Gasteiger partial charge >= 0.3 is 6.09 Å². The van der Waals surface area contributed by atoms with Crippen molar-refractivity contribution in [1.29, 1.82) is 0 Å². The molecule has 5 rings (SSSR count). The van der Waals surface area contributed by atoms with Crippen LogP contribution < -0.4 is 9.46 Å². The highest BCUT2D eigenvalue weighted by molar-refractivity contribution is 7.90. The third kappa shape index (κ3) is 5.85. The maximum atomic E-state index is 12.8. The van der Waals surface area contributed by atoms with Gasteiger partial charge in [-0.05, 0) is 122 Å². The number of ketones is 1. The highest BCUT2D eigenvalue weighted by Crippen LogP contribution is 2.69. The van der Waals surface area contributed by atoms with Crippen molar-refractivity contribution in [2.24, 2.45) is 52.3 Å². The highest BCUT2D eigenvalue weighted by Gasteiger charge is 2.65. The van der Waals surface area contributed by atoms with Gasteiger partial charge in [0.15, 0.2) is 0 Å². The van der Waals surface area contributed by atoms with Crippen LogP contribution in [-0.4, -0.2) is 44.2 Å². The van der Waals surface area contributed by atoms with E-state index in [0.717, 1.165) is 38.5 Å². The average molecular weight is 618 g/mol. The second-order valence-corrected chi connectivity index (χ2v) is 16.4. The smallest absolute Gasteiger partial charge is 0.421 e. The van der Waals surface area contributed by atoms with E-state index in [2.05, 4.69) is 27.7 Å². The SMILES string of the molecule is CC[C@H]1[C@@H](O)[C@@H]2[C@H](CC[C@]3(C)[C@@H]([C@H](C)COC(=O)NS(=O)(=O)c4ccc(OC(C)C)cc4)CC[C@@H]23)[C@@]2(C)CCC(=O)C[C@@H]12. The third-order valence-electron chi connectivity index (χ3n) is 12.2. The number of rotatable bonds is 8. The molecule has 4 saturated carbocycles. The normalized spacial score (nSPS) is 38.0. The van der Waals surface area contributed by atoms with Crippen LogP contribution in [0.3, 0.4) is 0 Å². The molecule has 0 spiro atoms. The monoisotopic (exact) mass is 617 g/mol. The summed E-state index contributed by atoms with van der Waals surface area (Å²) in [6.07, 6.45) is 5.86. The quantitative estimate of drug-likeness (QED) is 0.348. The highest BCUT2D eigenvalue weighted by atomic mass is 32.2. The lowest BCUT2D eigenvalue weighted by atomic mass is 9.41. The molecule has 0 saturated heterocycles. The topological polar surface area (TPSA) is 119 Å². The van der Waals surface area contributed by atoms with E-state index in [9.17, 15) is 23.1 Å². The summed E-state index contributed by atoms with van der Waals surface area (Å²) >= 11 is 0. The largest absolute Gasteiger partial charge is 0.491 e.